The zero-order valence-electron chi connectivity index (χ0n) is 16.8. The van der Waals surface area contributed by atoms with E-state index >= 15 is 0 Å². The highest BCUT2D eigenvalue weighted by Crippen LogP contribution is 2.30. The van der Waals surface area contributed by atoms with Gasteiger partial charge < -0.3 is 19.7 Å². The number of nitrogens with one attached hydrogen (secondary N) is 1. The number of benzene rings is 2. The minimum absolute atomic E-state index is 0.0343. The van der Waals surface area contributed by atoms with Crippen molar-refractivity contribution in [2.75, 3.05) is 25.5 Å². The Morgan fingerprint density at radius 1 is 1.10 bits per heavy atom. The van der Waals surface area contributed by atoms with Gasteiger partial charge in [0.2, 0.25) is 5.91 Å². The minimum atomic E-state index is -3.01. The van der Waals surface area contributed by atoms with E-state index in [1.54, 1.807) is 6.92 Å². The monoisotopic (exact) mass is 406 g/mol. The van der Waals surface area contributed by atoms with E-state index in [0.29, 0.717) is 5.69 Å². The van der Waals surface area contributed by atoms with Crippen LogP contribution in [-0.4, -0.2) is 43.5 Å². The maximum absolute atomic E-state index is 12.7. The predicted octanol–water partition coefficient (Wildman–Crippen LogP) is 4.01. The first-order valence-electron chi connectivity index (χ1n) is 9.06. The van der Waals surface area contributed by atoms with E-state index in [2.05, 4.69) is 10.1 Å². The average molecular weight is 406 g/mol. The highest BCUT2D eigenvalue weighted by molar-refractivity contribution is 6.00. The lowest BCUT2D eigenvalue weighted by atomic mass is 10.1. The van der Waals surface area contributed by atoms with E-state index in [4.69, 9.17) is 4.74 Å². The fourth-order valence-electron chi connectivity index (χ4n) is 2.80. The number of anilines is 1. The summed E-state index contributed by atoms with van der Waals surface area (Å²) < 4.78 is 34.7. The maximum atomic E-state index is 12.7. The lowest BCUT2D eigenvalue weighted by molar-refractivity contribution is -0.116. The van der Waals surface area contributed by atoms with Gasteiger partial charge >= 0.3 is 6.61 Å². The molecule has 0 saturated heterocycles. The number of halogens is 2. The molecule has 8 heteroatoms. The summed E-state index contributed by atoms with van der Waals surface area (Å²) in [5.41, 5.74) is 2.74. The van der Waals surface area contributed by atoms with E-state index in [0.717, 1.165) is 11.1 Å². The Bertz CT molecular complexity index is 867. The number of likely N-dealkylation sites (N-methyl/N-ethyl adjacent to an activating group) is 1. The second-order valence-electron chi connectivity index (χ2n) is 6.45. The molecule has 0 aromatic heterocycles. The van der Waals surface area contributed by atoms with Gasteiger partial charge in [-0.1, -0.05) is 18.2 Å². The lowest BCUT2D eigenvalue weighted by Gasteiger charge is -2.19. The van der Waals surface area contributed by atoms with Crippen molar-refractivity contribution in [1.29, 1.82) is 0 Å². The standard InChI is InChI=1S/C21H24F2N2O4/c1-5-28-17-11-15(9-10-16(17)29-21(22)23)20(27)25(4)12-18(26)24-19-13(2)7-6-8-14(19)3/h6-11,21H,5,12H2,1-4H3,(H,24,26). The third kappa shape index (κ3) is 5.91. The van der Waals surface area contributed by atoms with Crippen molar-refractivity contribution in [3.05, 3.63) is 53.1 Å². The third-order valence-corrected chi connectivity index (χ3v) is 4.18. The molecule has 29 heavy (non-hydrogen) atoms. The first kappa shape index (κ1) is 22.1. The first-order valence-corrected chi connectivity index (χ1v) is 9.06. The molecule has 2 rings (SSSR count). The number of amides is 2. The number of carbonyl (C=O) groups excluding carboxylic acids is 2. The number of para-hydroxylation sites is 1. The molecular formula is C21H24F2N2O4. The van der Waals surface area contributed by atoms with Gasteiger partial charge in [0.25, 0.3) is 5.91 Å². The lowest BCUT2D eigenvalue weighted by Crippen LogP contribution is -2.35. The zero-order valence-corrected chi connectivity index (χ0v) is 16.8. The summed E-state index contributed by atoms with van der Waals surface area (Å²) in [5.74, 6) is -0.923. The molecule has 0 bridgehead atoms. The molecule has 0 heterocycles. The van der Waals surface area contributed by atoms with Crippen molar-refractivity contribution >= 4 is 17.5 Å². The van der Waals surface area contributed by atoms with Crippen molar-refractivity contribution in [1.82, 2.24) is 4.90 Å². The molecule has 0 atom stereocenters. The number of hydrogen-bond donors (Lipinski definition) is 1. The predicted molar refractivity (Wildman–Crippen MR) is 106 cm³/mol. The summed E-state index contributed by atoms with van der Waals surface area (Å²) in [6.45, 7) is 2.49. The second kappa shape index (κ2) is 9.86. The molecule has 0 aliphatic heterocycles. The molecule has 0 unspecified atom stereocenters. The van der Waals surface area contributed by atoms with Crippen LogP contribution in [0.3, 0.4) is 0 Å². The molecule has 0 aliphatic rings. The largest absolute Gasteiger partial charge is 0.490 e. The number of rotatable bonds is 8. The molecule has 0 spiro atoms. The molecular weight excluding hydrogens is 382 g/mol. The molecule has 2 amide bonds. The molecule has 0 saturated carbocycles. The summed E-state index contributed by atoms with van der Waals surface area (Å²) >= 11 is 0. The van der Waals surface area contributed by atoms with E-state index in [1.807, 2.05) is 32.0 Å². The van der Waals surface area contributed by atoms with Crippen molar-refractivity contribution < 1.29 is 27.8 Å². The SMILES string of the molecule is CCOc1cc(C(=O)N(C)CC(=O)Nc2c(C)cccc2C)ccc1OC(F)F. The summed E-state index contributed by atoms with van der Waals surface area (Å²) in [6, 6.07) is 9.58. The molecule has 2 aromatic rings. The van der Waals surface area contributed by atoms with Gasteiger partial charge in [-0.2, -0.15) is 8.78 Å². The van der Waals surface area contributed by atoms with Crippen molar-refractivity contribution in [3.8, 4) is 11.5 Å². The molecule has 1 N–H and O–H groups in total. The fraction of sp³-hybridized carbons (Fsp3) is 0.333. The van der Waals surface area contributed by atoms with Gasteiger partial charge in [-0.15, -0.1) is 0 Å². The van der Waals surface area contributed by atoms with Crippen LogP contribution in [0, 0.1) is 13.8 Å². The van der Waals surface area contributed by atoms with Gasteiger partial charge in [0.15, 0.2) is 11.5 Å². The summed E-state index contributed by atoms with van der Waals surface area (Å²) in [6.07, 6.45) is 0. The molecule has 0 radical (unpaired) electrons. The Labute approximate surface area is 168 Å². The van der Waals surface area contributed by atoms with Crippen LogP contribution in [0.2, 0.25) is 0 Å². The number of hydrogen-bond acceptors (Lipinski definition) is 4. The van der Waals surface area contributed by atoms with Gasteiger partial charge in [0.05, 0.1) is 13.2 Å². The summed E-state index contributed by atoms with van der Waals surface area (Å²) in [7, 11) is 1.48. The Hall–Kier alpha value is -3.16. The molecule has 6 nitrogen and oxygen atoms in total. The number of ether oxygens (including phenoxy) is 2. The highest BCUT2D eigenvalue weighted by atomic mass is 19.3. The first-order chi connectivity index (χ1) is 13.7. The third-order valence-electron chi connectivity index (χ3n) is 4.18. The van der Waals surface area contributed by atoms with Crippen molar-refractivity contribution in [2.24, 2.45) is 0 Å². The van der Waals surface area contributed by atoms with E-state index in [1.165, 1.54) is 30.1 Å². The maximum Gasteiger partial charge on any atom is 0.387 e. The van der Waals surface area contributed by atoms with Crippen LogP contribution in [0.5, 0.6) is 11.5 Å². The van der Waals surface area contributed by atoms with Crippen LogP contribution < -0.4 is 14.8 Å². The van der Waals surface area contributed by atoms with E-state index < -0.39 is 12.5 Å². The number of carbonyl (C=O) groups is 2. The Morgan fingerprint density at radius 3 is 2.34 bits per heavy atom. The highest BCUT2D eigenvalue weighted by Gasteiger charge is 2.19. The Kier molecular flexibility index (Phi) is 7.52. The van der Waals surface area contributed by atoms with E-state index in [-0.39, 0.29) is 36.1 Å². The number of alkyl halides is 2. The van der Waals surface area contributed by atoms with Crippen molar-refractivity contribution in [3.63, 3.8) is 0 Å². The molecule has 2 aromatic carbocycles. The minimum Gasteiger partial charge on any atom is -0.490 e. The summed E-state index contributed by atoms with van der Waals surface area (Å²) in [5, 5.41) is 2.82. The molecule has 0 aliphatic carbocycles. The second-order valence-corrected chi connectivity index (χ2v) is 6.45. The molecule has 156 valence electrons. The van der Waals surface area contributed by atoms with Crippen LogP contribution in [0.4, 0.5) is 14.5 Å². The quantitative estimate of drug-likeness (QED) is 0.719. The van der Waals surface area contributed by atoms with Gasteiger partial charge in [-0.05, 0) is 50.1 Å². The topological polar surface area (TPSA) is 67.9 Å². The van der Waals surface area contributed by atoms with Gasteiger partial charge in [0, 0.05) is 18.3 Å². The molecule has 0 fully saturated rings. The smallest absolute Gasteiger partial charge is 0.387 e. The van der Waals surface area contributed by atoms with Crippen LogP contribution >= 0.6 is 0 Å². The van der Waals surface area contributed by atoms with Crippen molar-refractivity contribution in [2.45, 2.75) is 27.4 Å². The number of aryl methyl sites for hydroxylation is 2. The number of nitrogens with zero attached hydrogens (tertiary/aromatic N) is 1. The Balaban J connectivity index is 2.11. The van der Waals surface area contributed by atoms with E-state index in [9.17, 15) is 18.4 Å². The normalized spacial score (nSPS) is 10.6. The fourth-order valence-corrected chi connectivity index (χ4v) is 2.80. The van der Waals surface area contributed by atoms with Crippen LogP contribution in [-0.2, 0) is 4.79 Å². The van der Waals surface area contributed by atoms with Gasteiger partial charge in [-0.25, -0.2) is 0 Å². The van der Waals surface area contributed by atoms with Crippen LogP contribution in [0.1, 0.15) is 28.4 Å². The van der Waals surface area contributed by atoms with Crippen LogP contribution in [0.25, 0.3) is 0 Å². The average Bonchev–Trinajstić information content (AvgIpc) is 2.65. The van der Waals surface area contributed by atoms with Gasteiger partial charge in [-0.3, -0.25) is 9.59 Å². The Morgan fingerprint density at radius 2 is 1.76 bits per heavy atom. The van der Waals surface area contributed by atoms with Gasteiger partial charge in [0.1, 0.15) is 0 Å². The summed E-state index contributed by atoms with van der Waals surface area (Å²) in [4.78, 5) is 26.3. The zero-order chi connectivity index (χ0) is 21.6. The van der Waals surface area contributed by atoms with Crippen LogP contribution in [0.15, 0.2) is 36.4 Å².